The number of carbonyl (C=O) groups excluding carboxylic acids is 1. The lowest BCUT2D eigenvalue weighted by molar-refractivity contribution is 0.0992. The summed E-state index contributed by atoms with van der Waals surface area (Å²) in [6.45, 7) is 1.88. The Hall–Kier alpha value is -2.97. The number of ketones is 1. The average Bonchev–Trinajstić information content (AvgIpc) is 3.16. The lowest BCUT2D eigenvalue weighted by atomic mass is 9.72. The van der Waals surface area contributed by atoms with E-state index in [0.29, 0.717) is 10.6 Å². The number of benzene rings is 1. The van der Waals surface area contributed by atoms with Crippen LogP contribution in [0.5, 0.6) is 0 Å². The van der Waals surface area contributed by atoms with Crippen molar-refractivity contribution in [1.29, 1.82) is 5.26 Å². The van der Waals surface area contributed by atoms with E-state index in [0.717, 1.165) is 48.3 Å². The predicted molar refractivity (Wildman–Crippen MR) is 116 cm³/mol. The number of aromatic nitrogens is 3. The molecule has 6 heteroatoms. The first kappa shape index (κ1) is 20.3. The van der Waals surface area contributed by atoms with Gasteiger partial charge in [0.15, 0.2) is 5.78 Å². The summed E-state index contributed by atoms with van der Waals surface area (Å²) in [5.41, 5.74) is 3.43. The molecule has 0 bridgehead atoms. The summed E-state index contributed by atoms with van der Waals surface area (Å²) >= 11 is 5.96. The Balaban J connectivity index is 1.51. The molecule has 0 unspecified atom stereocenters. The summed E-state index contributed by atoms with van der Waals surface area (Å²) in [7, 11) is 0. The fraction of sp³-hybridized carbons (Fsp3) is 0.333. The Morgan fingerprint density at radius 1 is 1.13 bits per heavy atom. The predicted octanol–water partition coefficient (Wildman–Crippen LogP) is 5.38. The minimum Gasteiger partial charge on any atom is -0.294 e. The molecule has 1 aliphatic rings. The van der Waals surface area contributed by atoms with Crippen molar-refractivity contribution in [1.82, 2.24) is 14.8 Å². The van der Waals surface area contributed by atoms with Gasteiger partial charge in [-0.25, -0.2) is 4.68 Å². The van der Waals surface area contributed by atoms with Crippen molar-refractivity contribution in [2.24, 2.45) is 0 Å². The molecule has 0 saturated heterocycles. The zero-order valence-electron chi connectivity index (χ0n) is 16.9. The third-order valence-electron chi connectivity index (χ3n) is 5.98. The van der Waals surface area contributed by atoms with E-state index in [1.54, 1.807) is 29.2 Å². The fourth-order valence-electron chi connectivity index (χ4n) is 4.20. The van der Waals surface area contributed by atoms with Crippen molar-refractivity contribution in [3.63, 3.8) is 0 Å². The number of pyridine rings is 1. The molecule has 0 N–H and O–H groups in total. The van der Waals surface area contributed by atoms with Crippen molar-refractivity contribution in [2.45, 2.75) is 50.9 Å². The van der Waals surface area contributed by atoms with Crippen LogP contribution in [0.25, 0.3) is 5.69 Å². The SMILES string of the molecule is Cc1c(C(=O)Cc2ccc(C3(C#N)CCCCC3)nc2)cnn1-c1ccc(Cl)cc1. The Labute approximate surface area is 181 Å². The molecule has 2 heterocycles. The third-order valence-corrected chi connectivity index (χ3v) is 6.23. The molecule has 3 aromatic rings. The molecule has 0 amide bonds. The quantitative estimate of drug-likeness (QED) is 0.521. The first-order valence-electron chi connectivity index (χ1n) is 10.2. The van der Waals surface area contributed by atoms with Crippen LogP contribution in [0, 0.1) is 18.3 Å². The number of hydrogen-bond donors (Lipinski definition) is 0. The maximum atomic E-state index is 12.9. The van der Waals surface area contributed by atoms with E-state index >= 15 is 0 Å². The third kappa shape index (κ3) is 3.88. The summed E-state index contributed by atoms with van der Waals surface area (Å²) in [6.07, 6.45) is 8.62. The van der Waals surface area contributed by atoms with E-state index in [4.69, 9.17) is 11.6 Å². The van der Waals surface area contributed by atoms with E-state index < -0.39 is 5.41 Å². The molecule has 1 aliphatic carbocycles. The van der Waals surface area contributed by atoms with Crippen LogP contribution in [0.2, 0.25) is 5.02 Å². The van der Waals surface area contributed by atoms with Crippen molar-refractivity contribution in [3.8, 4) is 11.8 Å². The lowest BCUT2D eigenvalue weighted by Crippen LogP contribution is -2.28. The van der Waals surface area contributed by atoms with Gasteiger partial charge in [-0.05, 0) is 55.7 Å². The number of halogens is 1. The molecule has 1 aromatic carbocycles. The second-order valence-corrected chi connectivity index (χ2v) is 8.37. The number of Topliss-reactive ketones (excluding diaryl/α,β-unsaturated/α-hetero) is 1. The highest BCUT2D eigenvalue weighted by Gasteiger charge is 2.35. The Kier molecular flexibility index (Phi) is 5.69. The Bertz CT molecular complexity index is 1090. The fourth-order valence-corrected chi connectivity index (χ4v) is 4.33. The number of nitrogens with zero attached hydrogens (tertiary/aromatic N) is 4. The summed E-state index contributed by atoms with van der Waals surface area (Å²) < 4.78 is 1.74. The number of rotatable bonds is 5. The van der Waals surface area contributed by atoms with Gasteiger partial charge in [-0.2, -0.15) is 10.4 Å². The maximum absolute atomic E-state index is 12.9. The van der Waals surface area contributed by atoms with Crippen LogP contribution in [0.3, 0.4) is 0 Å². The molecule has 0 radical (unpaired) electrons. The van der Waals surface area contributed by atoms with Gasteiger partial charge in [-0.3, -0.25) is 9.78 Å². The zero-order chi connectivity index (χ0) is 21.1. The molecule has 1 saturated carbocycles. The second-order valence-electron chi connectivity index (χ2n) is 7.94. The van der Waals surface area contributed by atoms with E-state index in [-0.39, 0.29) is 12.2 Å². The van der Waals surface area contributed by atoms with Crippen LogP contribution in [0.15, 0.2) is 48.8 Å². The van der Waals surface area contributed by atoms with Gasteiger partial charge in [-0.1, -0.05) is 36.9 Å². The molecule has 1 fully saturated rings. The number of carbonyl (C=O) groups is 1. The van der Waals surface area contributed by atoms with Gasteiger partial charge in [0.1, 0.15) is 0 Å². The Morgan fingerprint density at radius 3 is 2.50 bits per heavy atom. The normalized spacial score (nSPS) is 15.5. The highest BCUT2D eigenvalue weighted by atomic mass is 35.5. The molecule has 5 nitrogen and oxygen atoms in total. The van der Waals surface area contributed by atoms with Crippen LogP contribution in [0.4, 0.5) is 0 Å². The largest absolute Gasteiger partial charge is 0.294 e. The molecule has 152 valence electrons. The number of hydrogen-bond acceptors (Lipinski definition) is 4. The van der Waals surface area contributed by atoms with E-state index in [1.807, 2.05) is 31.2 Å². The highest BCUT2D eigenvalue weighted by Crippen LogP contribution is 2.37. The van der Waals surface area contributed by atoms with Gasteiger partial charge >= 0.3 is 0 Å². The number of nitriles is 1. The van der Waals surface area contributed by atoms with Gasteiger partial charge in [0.05, 0.1) is 40.3 Å². The van der Waals surface area contributed by atoms with Crippen LogP contribution in [-0.4, -0.2) is 20.5 Å². The monoisotopic (exact) mass is 418 g/mol. The van der Waals surface area contributed by atoms with Crippen LogP contribution in [0.1, 0.15) is 59.4 Å². The van der Waals surface area contributed by atoms with E-state index in [9.17, 15) is 10.1 Å². The molecular formula is C24H23ClN4O. The van der Waals surface area contributed by atoms with Crippen molar-refractivity contribution in [2.75, 3.05) is 0 Å². The molecule has 4 rings (SSSR count). The molecule has 30 heavy (non-hydrogen) atoms. The first-order valence-corrected chi connectivity index (χ1v) is 10.6. The van der Waals surface area contributed by atoms with Crippen molar-refractivity contribution >= 4 is 17.4 Å². The Morgan fingerprint density at radius 2 is 1.87 bits per heavy atom. The van der Waals surface area contributed by atoms with E-state index in [2.05, 4.69) is 16.2 Å². The molecule has 0 aliphatic heterocycles. The van der Waals surface area contributed by atoms with Gasteiger partial charge < -0.3 is 0 Å². The van der Waals surface area contributed by atoms with Gasteiger partial charge in [0, 0.05) is 17.6 Å². The summed E-state index contributed by atoms with van der Waals surface area (Å²) in [5, 5.41) is 14.8. The molecule has 2 aromatic heterocycles. The topological polar surface area (TPSA) is 71.6 Å². The van der Waals surface area contributed by atoms with Crippen molar-refractivity contribution in [3.05, 3.63) is 76.3 Å². The molecule has 0 atom stereocenters. The molecular weight excluding hydrogens is 396 g/mol. The van der Waals surface area contributed by atoms with Gasteiger partial charge in [0.2, 0.25) is 0 Å². The lowest BCUT2D eigenvalue weighted by Gasteiger charge is -2.30. The minimum absolute atomic E-state index is 0.00470. The zero-order valence-corrected chi connectivity index (χ0v) is 17.7. The maximum Gasteiger partial charge on any atom is 0.170 e. The van der Waals surface area contributed by atoms with Gasteiger partial charge in [0.25, 0.3) is 0 Å². The average molecular weight is 419 g/mol. The smallest absolute Gasteiger partial charge is 0.170 e. The van der Waals surface area contributed by atoms with Gasteiger partial charge in [-0.15, -0.1) is 0 Å². The van der Waals surface area contributed by atoms with Crippen LogP contribution >= 0.6 is 11.6 Å². The van der Waals surface area contributed by atoms with Crippen LogP contribution < -0.4 is 0 Å². The van der Waals surface area contributed by atoms with E-state index in [1.165, 1.54) is 6.42 Å². The molecule has 0 spiro atoms. The second kappa shape index (κ2) is 8.41. The highest BCUT2D eigenvalue weighted by molar-refractivity contribution is 6.30. The summed E-state index contributed by atoms with van der Waals surface area (Å²) in [6, 6.07) is 13.7. The van der Waals surface area contributed by atoms with Crippen LogP contribution in [-0.2, 0) is 11.8 Å². The minimum atomic E-state index is -0.475. The summed E-state index contributed by atoms with van der Waals surface area (Å²) in [4.78, 5) is 17.5. The first-order chi connectivity index (χ1) is 14.5. The summed E-state index contributed by atoms with van der Waals surface area (Å²) in [5.74, 6) is -0.00470. The van der Waals surface area contributed by atoms with Crippen molar-refractivity contribution < 1.29 is 4.79 Å². The standard InChI is InChI=1S/C24H23ClN4O/c1-17-21(15-28-29(17)20-8-6-19(25)7-9-20)22(30)13-18-5-10-23(27-14-18)24(16-26)11-3-2-4-12-24/h5-10,14-15H,2-4,11-13H2,1H3.